The van der Waals surface area contributed by atoms with Gasteiger partial charge in [0.05, 0.1) is 24.8 Å². The molecule has 1 rings (SSSR count). The van der Waals surface area contributed by atoms with E-state index < -0.39 is 17.7 Å². The smallest absolute Gasteiger partial charge is 0.417 e. The second-order valence-corrected chi connectivity index (χ2v) is 3.71. The van der Waals surface area contributed by atoms with E-state index in [4.69, 9.17) is 4.84 Å². The van der Waals surface area contributed by atoms with Gasteiger partial charge in [0, 0.05) is 5.56 Å². The van der Waals surface area contributed by atoms with Crippen LogP contribution in [-0.4, -0.2) is 25.4 Å². The van der Waals surface area contributed by atoms with Crippen molar-refractivity contribution in [3.05, 3.63) is 35.4 Å². The van der Waals surface area contributed by atoms with Gasteiger partial charge in [-0.2, -0.15) is 13.2 Å². The monoisotopic (exact) mass is 289 g/mol. The molecule has 0 aliphatic heterocycles. The predicted octanol–water partition coefficient (Wildman–Crippen LogP) is 3.01. The third kappa shape index (κ3) is 5.29. The van der Waals surface area contributed by atoms with Gasteiger partial charge in [-0.25, -0.2) is 0 Å². The zero-order chi connectivity index (χ0) is 15.0. The third-order valence-electron chi connectivity index (χ3n) is 2.24. The quantitative estimate of drug-likeness (QED) is 0.350. The molecule has 0 heterocycles. The van der Waals surface area contributed by atoms with Crippen LogP contribution in [0.1, 0.15) is 24.5 Å². The number of hydrogen-bond acceptors (Lipinski definition) is 4. The molecule has 0 bridgehead atoms. The molecule has 0 aliphatic carbocycles. The minimum Gasteiger partial charge on any atom is -0.466 e. The largest absolute Gasteiger partial charge is 0.466 e. The molecule has 0 saturated carbocycles. The molecule has 0 aromatic heterocycles. The minimum atomic E-state index is -4.45. The lowest BCUT2D eigenvalue weighted by atomic mass is 10.1. The highest BCUT2D eigenvalue weighted by molar-refractivity contribution is 5.81. The van der Waals surface area contributed by atoms with Crippen molar-refractivity contribution in [2.24, 2.45) is 5.16 Å². The molecular weight excluding hydrogens is 275 g/mol. The van der Waals surface area contributed by atoms with Gasteiger partial charge in [-0.15, -0.1) is 0 Å². The van der Waals surface area contributed by atoms with Gasteiger partial charge < -0.3 is 9.57 Å². The number of ether oxygens (including phenoxy) is 1. The van der Waals surface area contributed by atoms with E-state index >= 15 is 0 Å². The Kier molecular flexibility index (Phi) is 6.02. The van der Waals surface area contributed by atoms with Crippen molar-refractivity contribution in [2.45, 2.75) is 19.5 Å². The van der Waals surface area contributed by atoms with E-state index in [-0.39, 0.29) is 25.2 Å². The summed E-state index contributed by atoms with van der Waals surface area (Å²) in [7, 11) is 0. The molecule has 0 amide bonds. The zero-order valence-corrected chi connectivity index (χ0v) is 10.8. The van der Waals surface area contributed by atoms with E-state index in [2.05, 4.69) is 9.89 Å². The number of hydrogen-bond donors (Lipinski definition) is 0. The van der Waals surface area contributed by atoms with Gasteiger partial charge in [-0.1, -0.05) is 23.4 Å². The van der Waals surface area contributed by atoms with Crippen molar-refractivity contribution in [1.82, 2.24) is 0 Å². The highest BCUT2D eigenvalue weighted by Gasteiger charge is 2.32. The fourth-order valence-corrected chi connectivity index (χ4v) is 1.38. The van der Waals surface area contributed by atoms with Crippen molar-refractivity contribution in [3.63, 3.8) is 0 Å². The van der Waals surface area contributed by atoms with Crippen LogP contribution < -0.4 is 0 Å². The van der Waals surface area contributed by atoms with Crippen LogP contribution in [0.2, 0.25) is 0 Å². The molecule has 1 aromatic rings. The molecule has 20 heavy (non-hydrogen) atoms. The van der Waals surface area contributed by atoms with Crippen molar-refractivity contribution >= 4 is 12.2 Å². The van der Waals surface area contributed by atoms with E-state index in [9.17, 15) is 18.0 Å². The third-order valence-corrected chi connectivity index (χ3v) is 2.24. The molecule has 4 nitrogen and oxygen atoms in total. The predicted molar refractivity (Wildman–Crippen MR) is 66.2 cm³/mol. The number of esters is 1. The molecule has 0 spiro atoms. The van der Waals surface area contributed by atoms with Gasteiger partial charge in [0.2, 0.25) is 0 Å². The number of nitrogens with zero attached hydrogens (tertiary/aromatic N) is 1. The van der Waals surface area contributed by atoms with Gasteiger partial charge >= 0.3 is 12.1 Å². The molecule has 0 fully saturated rings. The summed E-state index contributed by atoms with van der Waals surface area (Å²) in [6, 6.07) is 5.00. The Morgan fingerprint density at radius 2 is 2.05 bits per heavy atom. The summed E-state index contributed by atoms with van der Waals surface area (Å²) in [6.45, 7) is 1.88. The highest BCUT2D eigenvalue weighted by atomic mass is 19.4. The van der Waals surface area contributed by atoms with Crippen LogP contribution in [0.25, 0.3) is 0 Å². The Morgan fingerprint density at radius 3 is 2.70 bits per heavy atom. The van der Waals surface area contributed by atoms with Crippen LogP contribution >= 0.6 is 0 Å². The maximum absolute atomic E-state index is 12.7. The lowest BCUT2D eigenvalue weighted by Gasteiger charge is -2.08. The Bertz CT molecular complexity index is 472. The Hall–Kier alpha value is -2.05. The van der Waals surface area contributed by atoms with E-state index in [1.165, 1.54) is 18.2 Å². The van der Waals surface area contributed by atoms with Crippen LogP contribution in [0.15, 0.2) is 29.4 Å². The number of oxime groups is 1. The molecule has 7 heteroatoms. The average molecular weight is 289 g/mol. The molecule has 1 aromatic carbocycles. The van der Waals surface area contributed by atoms with Crippen molar-refractivity contribution in [3.8, 4) is 0 Å². The number of benzene rings is 1. The van der Waals surface area contributed by atoms with Gasteiger partial charge in [0.15, 0.2) is 0 Å². The Balaban J connectivity index is 2.53. The molecule has 0 N–H and O–H groups in total. The zero-order valence-electron chi connectivity index (χ0n) is 10.8. The number of alkyl halides is 3. The van der Waals surface area contributed by atoms with Gasteiger partial charge in [-0.05, 0) is 13.0 Å². The van der Waals surface area contributed by atoms with E-state index in [0.29, 0.717) is 0 Å². The molecule has 110 valence electrons. The van der Waals surface area contributed by atoms with Gasteiger partial charge in [0.1, 0.15) is 6.61 Å². The van der Waals surface area contributed by atoms with Crippen LogP contribution in [0.5, 0.6) is 0 Å². The fourth-order valence-electron chi connectivity index (χ4n) is 1.38. The van der Waals surface area contributed by atoms with Crippen molar-refractivity contribution in [2.75, 3.05) is 13.2 Å². The minimum absolute atomic E-state index is 0.00784. The number of rotatable bonds is 6. The summed E-state index contributed by atoms with van der Waals surface area (Å²) < 4.78 is 42.6. The lowest BCUT2D eigenvalue weighted by Crippen LogP contribution is -2.09. The number of carbonyl (C=O) groups is 1. The lowest BCUT2D eigenvalue weighted by molar-refractivity contribution is -0.144. The molecule has 0 aliphatic rings. The van der Waals surface area contributed by atoms with Crippen LogP contribution in [0, 0.1) is 0 Å². The molecule has 0 unspecified atom stereocenters. The van der Waals surface area contributed by atoms with E-state index in [1.54, 1.807) is 6.92 Å². The fraction of sp³-hybridized carbons (Fsp3) is 0.385. The van der Waals surface area contributed by atoms with Gasteiger partial charge in [-0.3, -0.25) is 4.79 Å². The van der Waals surface area contributed by atoms with Crippen molar-refractivity contribution in [1.29, 1.82) is 0 Å². The van der Waals surface area contributed by atoms with E-state index in [1.807, 2.05) is 0 Å². The number of carbonyl (C=O) groups excluding carboxylic acids is 1. The molecule has 0 atom stereocenters. The van der Waals surface area contributed by atoms with Crippen molar-refractivity contribution < 1.29 is 27.5 Å². The second kappa shape index (κ2) is 7.52. The summed E-state index contributed by atoms with van der Waals surface area (Å²) in [4.78, 5) is 15.7. The SMILES string of the molecule is CCOC(=O)CCO/N=C/c1ccccc1C(F)(F)F. The molecule has 0 radical (unpaired) electrons. The maximum atomic E-state index is 12.7. The van der Waals surface area contributed by atoms with Crippen LogP contribution in [0.4, 0.5) is 13.2 Å². The summed E-state index contributed by atoms with van der Waals surface area (Å²) >= 11 is 0. The summed E-state index contributed by atoms with van der Waals surface area (Å²) in [6.07, 6.45) is -3.49. The summed E-state index contributed by atoms with van der Waals surface area (Å²) in [5.74, 6) is -0.446. The first kappa shape index (κ1) is 16.0. The second-order valence-electron chi connectivity index (χ2n) is 3.71. The number of halogens is 3. The van der Waals surface area contributed by atoms with E-state index in [0.717, 1.165) is 12.3 Å². The first-order chi connectivity index (χ1) is 9.45. The Morgan fingerprint density at radius 1 is 1.35 bits per heavy atom. The Labute approximate surface area is 114 Å². The van der Waals surface area contributed by atoms with Crippen LogP contribution in [0.3, 0.4) is 0 Å². The average Bonchev–Trinajstić information content (AvgIpc) is 2.38. The summed E-state index contributed by atoms with van der Waals surface area (Å²) in [5, 5.41) is 3.42. The first-order valence-electron chi connectivity index (χ1n) is 5.92. The molecule has 0 saturated heterocycles. The first-order valence-corrected chi connectivity index (χ1v) is 5.92. The maximum Gasteiger partial charge on any atom is 0.417 e. The molecular formula is C13H14F3NO3. The normalized spacial score (nSPS) is 11.6. The standard InChI is InChI=1S/C13H14F3NO3/c1-2-19-12(18)7-8-20-17-9-10-5-3-4-6-11(10)13(14,15)16/h3-6,9H,2,7-8H2,1H3/b17-9+. The van der Waals surface area contributed by atoms with Gasteiger partial charge in [0.25, 0.3) is 0 Å². The van der Waals surface area contributed by atoms with Crippen LogP contribution in [-0.2, 0) is 20.5 Å². The topological polar surface area (TPSA) is 47.9 Å². The highest BCUT2D eigenvalue weighted by Crippen LogP contribution is 2.31. The summed E-state index contributed by atoms with van der Waals surface area (Å²) in [5.41, 5.74) is -0.895.